The van der Waals surface area contributed by atoms with Crippen molar-refractivity contribution in [1.82, 2.24) is 4.98 Å². The molecule has 0 bridgehead atoms. The van der Waals surface area contributed by atoms with Gasteiger partial charge in [0, 0.05) is 6.92 Å². The van der Waals surface area contributed by atoms with Crippen molar-refractivity contribution in [3.05, 3.63) is 22.2 Å². The molecule has 0 aliphatic rings. The number of anilines is 1. The Morgan fingerprint density at radius 2 is 2.07 bits per heavy atom. The smallest absolute Gasteiger partial charge is 0.223 e. The lowest BCUT2D eigenvalue weighted by molar-refractivity contribution is -0.114. The normalized spacial score (nSPS) is 10.6. The lowest BCUT2D eigenvalue weighted by atomic mass is 10.3. The van der Waals surface area contributed by atoms with Crippen LogP contribution in [0, 0.1) is 0 Å². The number of carbonyl (C=O) groups excluding carboxylic acids is 1. The molecule has 1 amide bonds. The van der Waals surface area contributed by atoms with E-state index >= 15 is 0 Å². The molecule has 78 valence electrons. The van der Waals surface area contributed by atoms with Crippen molar-refractivity contribution in [1.29, 1.82) is 0 Å². The van der Waals surface area contributed by atoms with Crippen molar-refractivity contribution in [2.75, 3.05) is 5.32 Å². The van der Waals surface area contributed by atoms with Crippen LogP contribution >= 0.6 is 34.5 Å². The summed E-state index contributed by atoms with van der Waals surface area (Å²) in [6.07, 6.45) is 0. The average molecular weight is 261 g/mol. The van der Waals surface area contributed by atoms with Crippen molar-refractivity contribution < 1.29 is 4.79 Å². The van der Waals surface area contributed by atoms with Gasteiger partial charge in [-0.2, -0.15) is 0 Å². The second-order valence-corrected chi connectivity index (χ2v) is 4.72. The van der Waals surface area contributed by atoms with Gasteiger partial charge in [0.1, 0.15) is 5.52 Å². The SMILES string of the molecule is CC(=O)Nc1nc2c(Cl)ccc(Cl)c2s1. The molecule has 0 atom stereocenters. The Morgan fingerprint density at radius 3 is 2.67 bits per heavy atom. The number of carbonyl (C=O) groups is 1. The zero-order chi connectivity index (χ0) is 11.0. The number of hydrogen-bond acceptors (Lipinski definition) is 3. The number of aromatic nitrogens is 1. The van der Waals surface area contributed by atoms with Crippen molar-refractivity contribution in [3.63, 3.8) is 0 Å². The number of amides is 1. The molecule has 1 aromatic heterocycles. The molecule has 1 aromatic carbocycles. The van der Waals surface area contributed by atoms with Gasteiger partial charge in [0.15, 0.2) is 5.13 Å². The van der Waals surface area contributed by atoms with Crippen molar-refractivity contribution in [2.24, 2.45) is 0 Å². The van der Waals surface area contributed by atoms with Gasteiger partial charge in [-0.15, -0.1) is 0 Å². The van der Waals surface area contributed by atoms with Crippen molar-refractivity contribution in [3.8, 4) is 0 Å². The summed E-state index contributed by atoms with van der Waals surface area (Å²) in [6.45, 7) is 1.43. The van der Waals surface area contributed by atoms with Gasteiger partial charge in [-0.1, -0.05) is 34.5 Å². The van der Waals surface area contributed by atoms with Crippen LogP contribution in [-0.2, 0) is 4.79 Å². The standard InChI is InChI=1S/C9H6Cl2N2OS/c1-4(14)12-9-13-7-5(10)2-3-6(11)8(7)15-9/h2-3H,1H3,(H,12,13,14). The number of nitrogens with zero attached hydrogens (tertiary/aromatic N) is 1. The van der Waals surface area contributed by atoms with Crippen LogP contribution in [0.1, 0.15) is 6.92 Å². The maximum Gasteiger partial charge on any atom is 0.223 e. The van der Waals surface area contributed by atoms with E-state index in [1.807, 2.05) is 0 Å². The van der Waals surface area contributed by atoms with Crippen LogP contribution in [-0.4, -0.2) is 10.9 Å². The van der Waals surface area contributed by atoms with E-state index in [1.165, 1.54) is 18.3 Å². The molecule has 0 aliphatic carbocycles. The van der Waals surface area contributed by atoms with E-state index in [-0.39, 0.29) is 5.91 Å². The Kier molecular flexibility index (Phi) is 2.82. The largest absolute Gasteiger partial charge is 0.302 e. The summed E-state index contributed by atoms with van der Waals surface area (Å²) in [7, 11) is 0. The predicted molar refractivity (Wildman–Crippen MR) is 63.9 cm³/mol. The molecule has 6 heteroatoms. The summed E-state index contributed by atoms with van der Waals surface area (Å²) in [5.41, 5.74) is 0.623. The van der Waals surface area contributed by atoms with Crippen LogP contribution in [0.25, 0.3) is 10.2 Å². The monoisotopic (exact) mass is 260 g/mol. The molecule has 0 fully saturated rings. The Morgan fingerprint density at radius 1 is 1.40 bits per heavy atom. The van der Waals surface area contributed by atoms with E-state index < -0.39 is 0 Å². The first kappa shape index (κ1) is 10.7. The van der Waals surface area contributed by atoms with Crippen molar-refractivity contribution in [2.45, 2.75) is 6.92 Å². The fourth-order valence-electron chi connectivity index (χ4n) is 1.15. The third kappa shape index (κ3) is 2.07. The lowest BCUT2D eigenvalue weighted by Gasteiger charge is -1.92. The van der Waals surface area contributed by atoms with E-state index in [0.29, 0.717) is 20.7 Å². The molecule has 3 nitrogen and oxygen atoms in total. The number of hydrogen-bond donors (Lipinski definition) is 1. The molecule has 0 spiro atoms. The van der Waals surface area contributed by atoms with Gasteiger partial charge >= 0.3 is 0 Å². The highest BCUT2D eigenvalue weighted by atomic mass is 35.5. The minimum Gasteiger partial charge on any atom is -0.302 e. The second kappa shape index (κ2) is 3.96. The summed E-state index contributed by atoms with van der Waals surface area (Å²) in [6, 6.07) is 3.39. The molecular weight excluding hydrogens is 255 g/mol. The lowest BCUT2D eigenvalue weighted by Crippen LogP contribution is -2.04. The van der Waals surface area contributed by atoms with Gasteiger partial charge < -0.3 is 5.32 Å². The number of fused-ring (bicyclic) bond motifs is 1. The summed E-state index contributed by atoms with van der Waals surface area (Å²) in [5, 5.41) is 4.22. The van der Waals surface area contributed by atoms with Crippen LogP contribution < -0.4 is 5.32 Å². The number of rotatable bonds is 1. The van der Waals surface area contributed by atoms with Gasteiger partial charge in [0.05, 0.1) is 14.7 Å². The fraction of sp³-hybridized carbons (Fsp3) is 0.111. The van der Waals surface area contributed by atoms with E-state index in [2.05, 4.69) is 10.3 Å². The molecular formula is C9H6Cl2N2OS. The van der Waals surface area contributed by atoms with Gasteiger partial charge in [-0.05, 0) is 12.1 Å². The molecule has 1 heterocycles. The Hall–Kier alpha value is -0.840. The summed E-state index contributed by atoms with van der Waals surface area (Å²) < 4.78 is 0.785. The Bertz CT molecular complexity index is 499. The number of nitrogens with one attached hydrogen (secondary N) is 1. The van der Waals surface area contributed by atoms with E-state index in [1.54, 1.807) is 12.1 Å². The maximum absolute atomic E-state index is 10.8. The first-order valence-electron chi connectivity index (χ1n) is 4.10. The highest BCUT2D eigenvalue weighted by Gasteiger charge is 2.10. The van der Waals surface area contributed by atoms with Crippen LogP contribution in [0.15, 0.2) is 12.1 Å². The highest BCUT2D eigenvalue weighted by Crippen LogP contribution is 2.35. The Balaban J connectivity index is 2.59. The minimum absolute atomic E-state index is 0.165. The quantitative estimate of drug-likeness (QED) is 0.852. The Labute approximate surface area is 100 Å². The number of halogens is 2. The molecule has 0 aliphatic heterocycles. The highest BCUT2D eigenvalue weighted by molar-refractivity contribution is 7.23. The molecule has 15 heavy (non-hydrogen) atoms. The summed E-state index contributed by atoms with van der Waals surface area (Å²) in [4.78, 5) is 15.0. The molecule has 2 rings (SSSR count). The number of benzene rings is 1. The van der Waals surface area contributed by atoms with Gasteiger partial charge in [0.2, 0.25) is 5.91 Å². The molecule has 1 N–H and O–H groups in total. The van der Waals surface area contributed by atoms with E-state index in [0.717, 1.165) is 4.70 Å². The predicted octanol–water partition coefficient (Wildman–Crippen LogP) is 3.56. The second-order valence-electron chi connectivity index (χ2n) is 2.91. The van der Waals surface area contributed by atoms with Crippen molar-refractivity contribution >= 4 is 55.8 Å². The third-order valence-electron chi connectivity index (χ3n) is 1.73. The van der Waals surface area contributed by atoms with Crippen LogP contribution in [0.5, 0.6) is 0 Å². The van der Waals surface area contributed by atoms with Gasteiger partial charge in [-0.25, -0.2) is 4.98 Å². The maximum atomic E-state index is 10.8. The fourth-order valence-corrected chi connectivity index (χ4v) is 2.62. The van der Waals surface area contributed by atoms with Crippen LogP contribution in [0.3, 0.4) is 0 Å². The third-order valence-corrected chi connectivity index (χ3v) is 3.47. The summed E-state index contributed by atoms with van der Waals surface area (Å²) >= 11 is 13.2. The topological polar surface area (TPSA) is 42.0 Å². The van der Waals surface area contributed by atoms with Gasteiger partial charge in [0.25, 0.3) is 0 Å². The number of thiazole rings is 1. The molecule has 2 aromatic rings. The van der Waals surface area contributed by atoms with Gasteiger partial charge in [-0.3, -0.25) is 4.79 Å². The molecule has 0 saturated heterocycles. The van der Waals surface area contributed by atoms with E-state index in [4.69, 9.17) is 23.2 Å². The zero-order valence-corrected chi connectivity index (χ0v) is 10.0. The zero-order valence-electron chi connectivity index (χ0n) is 7.67. The first-order chi connectivity index (χ1) is 7.08. The van der Waals surface area contributed by atoms with Crippen LogP contribution in [0.4, 0.5) is 5.13 Å². The average Bonchev–Trinajstić information content (AvgIpc) is 2.55. The van der Waals surface area contributed by atoms with E-state index in [9.17, 15) is 4.79 Å². The molecule has 0 radical (unpaired) electrons. The molecule has 0 saturated carbocycles. The van der Waals surface area contributed by atoms with Crippen LogP contribution in [0.2, 0.25) is 10.0 Å². The molecule has 0 unspecified atom stereocenters. The summed E-state index contributed by atoms with van der Waals surface area (Å²) in [5.74, 6) is -0.165. The first-order valence-corrected chi connectivity index (χ1v) is 5.67. The minimum atomic E-state index is -0.165.